The Kier molecular flexibility index (Phi) is 6.85. The maximum absolute atomic E-state index is 12.3. The first-order valence-electron chi connectivity index (χ1n) is 9.49. The molecule has 0 bridgehead atoms. The van der Waals surface area contributed by atoms with Crippen LogP contribution in [0.3, 0.4) is 0 Å². The van der Waals surface area contributed by atoms with Crippen molar-refractivity contribution in [3.05, 3.63) is 59.7 Å². The number of nitrogens with one attached hydrogen (secondary N) is 1. The Morgan fingerprint density at radius 2 is 1.89 bits per heavy atom. The predicted molar refractivity (Wildman–Crippen MR) is 106 cm³/mol. The lowest BCUT2D eigenvalue weighted by Gasteiger charge is -2.15. The number of benzene rings is 2. The molecule has 144 valence electrons. The quantitative estimate of drug-likeness (QED) is 0.742. The van der Waals surface area contributed by atoms with E-state index >= 15 is 0 Å². The standard InChI is InChI=1S/C22H28N2O3/c1-26-20-10-8-16(9-11-20)14-27-15-17-4-2-6-19(12-17)24-22(25)13-18-5-3-7-21(18)23/h2,4,6,8-12,18,21H,3,5,7,13-15,23H2,1H3,(H,24,25)/t18-,21+/m0/s1. The first-order valence-corrected chi connectivity index (χ1v) is 9.49. The molecule has 5 heteroatoms. The van der Waals surface area contributed by atoms with Crippen molar-refractivity contribution in [2.24, 2.45) is 11.7 Å². The molecule has 1 amide bonds. The Morgan fingerprint density at radius 1 is 1.11 bits per heavy atom. The summed E-state index contributed by atoms with van der Waals surface area (Å²) in [6.07, 6.45) is 3.70. The molecule has 0 radical (unpaired) electrons. The molecule has 1 saturated carbocycles. The van der Waals surface area contributed by atoms with Crippen LogP contribution in [0.1, 0.15) is 36.8 Å². The molecular formula is C22H28N2O3. The first-order chi connectivity index (χ1) is 13.1. The van der Waals surface area contributed by atoms with Crippen molar-refractivity contribution in [2.45, 2.75) is 44.9 Å². The van der Waals surface area contributed by atoms with Crippen molar-refractivity contribution in [1.29, 1.82) is 0 Å². The summed E-state index contributed by atoms with van der Waals surface area (Å²) >= 11 is 0. The van der Waals surface area contributed by atoms with E-state index in [1.54, 1.807) is 7.11 Å². The van der Waals surface area contributed by atoms with E-state index in [2.05, 4.69) is 5.32 Å². The number of hydrogen-bond donors (Lipinski definition) is 2. The topological polar surface area (TPSA) is 73.6 Å². The van der Waals surface area contributed by atoms with Gasteiger partial charge in [-0.15, -0.1) is 0 Å². The van der Waals surface area contributed by atoms with Gasteiger partial charge < -0.3 is 20.5 Å². The van der Waals surface area contributed by atoms with Gasteiger partial charge in [0.15, 0.2) is 0 Å². The van der Waals surface area contributed by atoms with E-state index in [0.717, 1.165) is 41.8 Å². The normalized spacial score (nSPS) is 19.0. The van der Waals surface area contributed by atoms with E-state index in [0.29, 0.717) is 25.6 Å². The SMILES string of the molecule is COc1ccc(COCc2cccc(NC(=O)C[C@@H]3CCC[C@H]3N)c2)cc1. The molecule has 1 aliphatic carbocycles. The summed E-state index contributed by atoms with van der Waals surface area (Å²) in [5.74, 6) is 1.18. The zero-order chi connectivity index (χ0) is 19.1. The van der Waals surface area contributed by atoms with Gasteiger partial charge in [0.1, 0.15) is 5.75 Å². The predicted octanol–water partition coefficient (Wildman–Crippen LogP) is 3.87. The Hall–Kier alpha value is -2.37. The summed E-state index contributed by atoms with van der Waals surface area (Å²) in [7, 11) is 1.65. The molecule has 0 aliphatic heterocycles. The molecule has 2 aromatic rings. The van der Waals surface area contributed by atoms with E-state index in [1.807, 2.05) is 48.5 Å². The van der Waals surface area contributed by atoms with Crippen molar-refractivity contribution in [1.82, 2.24) is 0 Å². The molecule has 2 aromatic carbocycles. The molecule has 27 heavy (non-hydrogen) atoms. The highest BCUT2D eigenvalue weighted by Gasteiger charge is 2.25. The van der Waals surface area contributed by atoms with E-state index in [9.17, 15) is 4.79 Å². The molecule has 0 aromatic heterocycles. The number of ether oxygens (including phenoxy) is 2. The molecule has 3 N–H and O–H groups in total. The Morgan fingerprint density at radius 3 is 2.59 bits per heavy atom. The Balaban J connectivity index is 1.47. The van der Waals surface area contributed by atoms with E-state index in [-0.39, 0.29) is 11.9 Å². The van der Waals surface area contributed by atoms with Crippen molar-refractivity contribution < 1.29 is 14.3 Å². The fraction of sp³-hybridized carbons (Fsp3) is 0.409. The molecule has 0 unspecified atom stereocenters. The molecule has 0 heterocycles. The number of carbonyl (C=O) groups is 1. The van der Waals surface area contributed by atoms with Crippen molar-refractivity contribution in [2.75, 3.05) is 12.4 Å². The lowest BCUT2D eigenvalue weighted by molar-refractivity contribution is -0.117. The van der Waals surface area contributed by atoms with Gasteiger partial charge in [-0.2, -0.15) is 0 Å². The number of hydrogen-bond acceptors (Lipinski definition) is 4. The largest absolute Gasteiger partial charge is 0.497 e. The van der Waals surface area contributed by atoms with Gasteiger partial charge in [0.05, 0.1) is 20.3 Å². The van der Waals surface area contributed by atoms with Crippen molar-refractivity contribution >= 4 is 11.6 Å². The van der Waals surface area contributed by atoms with Crippen LogP contribution in [-0.4, -0.2) is 19.1 Å². The van der Waals surface area contributed by atoms with Crippen LogP contribution in [0.25, 0.3) is 0 Å². The first kappa shape index (κ1) is 19.4. The molecule has 1 aliphatic rings. The number of carbonyl (C=O) groups excluding carboxylic acids is 1. The summed E-state index contributed by atoms with van der Waals surface area (Å²) < 4.78 is 10.9. The van der Waals surface area contributed by atoms with Gasteiger partial charge in [-0.3, -0.25) is 4.79 Å². The van der Waals surface area contributed by atoms with Crippen LogP contribution in [0.4, 0.5) is 5.69 Å². The fourth-order valence-electron chi connectivity index (χ4n) is 3.52. The highest BCUT2D eigenvalue weighted by atomic mass is 16.5. The Labute approximate surface area is 160 Å². The average Bonchev–Trinajstić information content (AvgIpc) is 3.07. The highest BCUT2D eigenvalue weighted by molar-refractivity contribution is 5.91. The maximum atomic E-state index is 12.3. The second-order valence-corrected chi connectivity index (χ2v) is 7.15. The van der Waals surface area contributed by atoms with Crippen LogP contribution in [0.15, 0.2) is 48.5 Å². The van der Waals surface area contributed by atoms with Crippen LogP contribution in [-0.2, 0) is 22.7 Å². The number of methoxy groups -OCH3 is 1. The minimum absolute atomic E-state index is 0.0358. The van der Waals surface area contributed by atoms with Crippen LogP contribution in [0.5, 0.6) is 5.75 Å². The zero-order valence-corrected chi connectivity index (χ0v) is 15.8. The number of anilines is 1. The monoisotopic (exact) mass is 368 g/mol. The third-order valence-corrected chi connectivity index (χ3v) is 5.07. The van der Waals surface area contributed by atoms with Gasteiger partial charge in [-0.05, 0) is 54.2 Å². The molecule has 1 fully saturated rings. The fourth-order valence-corrected chi connectivity index (χ4v) is 3.52. The molecule has 0 saturated heterocycles. The van der Waals surface area contributed by atoms with Gasteiger partial charge in [0.25, 0.3) is 0 Å². The van der Waals surface area contributed by atoms with Crippen molar-refractivity contribution in [3.63, 3.8) is 0 Å². The van der Waals surface area contributed by atoms with Gasteiger partial charge >= 0.3 is 0 Å². The number of rotatable bonds is 8. The van der Waals surface area contributed by atoms with Gasteiger partial charge in [0, 0.05) is 18.2 Å². The van der Waals surface area contributed by atoms with Gasteiger partial charge in [-0.25, -0.2) is 0 Å². The Bertz CT molecular complexity index is 745. The zero-order valence-electron chi connectivity index (χ0n) is 15.8. The van der Waals surface area contributed by atoms with Crippen LogP contribution >= 0.6 is 0 Å². The molecule has 0 spiro atoms. The van der Waals surface area contributed by atoms with E-state index < -0.39 is 0 Å². The summed E-state index contributed by atoms with van der Waals surface area (Å²) in [4.78, 5) is 12.3. The van der Waals surface area contributed by atoms with Gasteiger partial charge in [0.2, 0.25) is 5.91 Å². The second kappa shape index (κ2) is 9.53. The van der Waals surface area contributed by atoms with E-state index in [4.69, 9.17) is 15.2 Å². The number of nitrogens with two attached hydrogens (primary N) is 1. The van der Waals surface area contributed by atoms with Gasteiger partial charge in [-0.1, -0.05) is 30.7 Å². The smallest absolute Gasteiger partial charge is 0.224 e. The van der Waals surface area contributed by atoms with Crippen LogP contribution in [0.2, 0.25) is 0 Å². The summed E-state index contributed by atoms with van der Waals surface area (Å²) in [5.41, 5.74) is 8.98. The lowest BCUT2D eigenvalue weighted by atomic mass is 10.00. The summed E-state index contributed by atoms with van der Waals surface area (Å²) in [6, 6.07) is 15.8. The molecular weight excluding hydrogens is 340 g/mol. The average molecular weight is 368 g/mol. The second-order valence-electron chi connectivity index (χ2n) is 7.15. The summed E-state index contributed by atoms with van der Waals surface area (Å²) in [6.45, 7) is 1.02. The minimum atomic E-state index is 0.0358. The molecule has 5 nitrogen and oxygen atoms in total. The lowest BCUT2D eigenvalue weighted by Crippen LogP contribution is -2.28. The number of amides is 1. The van der Waals surface area contributed by atoms with Crippen LogP contribution < -0.4 is 15.8 Å². The molecule has 2 atom stereocenters. The van der Waals surface area contributed by atoms with Crippen LogP contribution in [0, 0.1) is 5.92 Å². The summed E-state index contributed by atoms with van der Waals surface area (Å²) in [5, 5.41) is 2.99. The van der Waals surface area contributed by atoms with E-state index in [1.165, 1.54) is 0 Å². The van der Waals surface area contributed by atoms with Crippen molar-refractivity contribution in [3.8, 4) is 5.75 Å². The third-order valence-electron chi connectivity index (χ3n) is 5.07. The maximum Gasteiger partial charge on any atom is 0.224 e. The third kappa shape index (κ3) is 5.81. The molecule has 3 rings (SSSR count). The highest BCUT2D eigenvalue weighted by Crippen LogP contribution is 2.27. The minimum Gasteiger partial charge on any atom is -0.497 e.